The number of amides is 1. The van der Waals surface area contributed by atoms with Crippen molar-refractivity contribution in [3.63, 3.8) is 0 Å². The van der Waals surface area contributed by atoms with Gasteiger partial charge in [0.05, 0.1) is 6.10 Å². The van der Waals surface area contributed by atoms with E-state index < -0.39 is 6.10 Å². The number of aliphatic hydroxyl groups is 1. The van der Waals surface area contributed by atoms with Gasteiger partial charge in [-0.15, -0.1) is 0 Å². The maximum absolute atomic E-state index is 12.2. The molecular formula is C25H27N3O3. The van der Waals surface area contributed by atoms with E-state index in [1.54, 1.807) is 18.3 Å². The van der Waals surface area contributed by atoms with Gasteiger partial charge in [0.25, 0.3) is 5.56 Å². The first-order valence-electron chi connectivity index (χ1n) is 10.6. The van der Waals surface area contributed by atoms with E-state index >= 15 is 0 Å². The number of carbonyl (C=O) groups excluding carboxylic acids is 1. The SMILES string of the molecule is O=C(Cn1ccccc1=O)Nc1ccc(CC2CCC(C(O)c3ccccc3)N2)cc1. The van der Waals surface area contributed by atoms with Crippen molar-refractivity contribution in [3.8, 4) is 0 Å². The molecule has 1 aliphatic rings. The normalized spacial score (nSPS) is 19.1. The van der Waals surface area contributed by atoms with Crippen LogP contribution in [0.25, 0.3) is 0 Å². The quantitative estimate of drug-likeness (QED) is 0.552. The molecule has 3 atom stereocenters. The van der Waals surface area contributed by atoms with Crippen molar-refractivity contribution in [1.29, 1.82) is 0 Å². The molecule has 6 heteroatoms. The lowest BCUT2D eigenvalue weighted by Crippen LogP contribution is -2.35. The summed E-state index contributed by atoms with van der Waals surface area (Å²) < 4.78 is 1.37. The number of nitrogens with one attached hydrogen (secondary N) is 2. The third kappa shape index (κ3) is 5.48. The third-order valence-electron chi connectivity index (χ3n) is 5.73. The Balaban J connectivity index is 1.28. The van der Waals surface area contributed by atoms with Crippen LogP contribution in [-0.4, -0.2) is 27.7 Å². The summed E-state index contributed by atoms with van der Waals surface area (Å²) in [6.07, 6.45) is 3.92. The zero-order valence-electron chi connectivity index (χ0n) is 17.3. The molecule has 0 bridgehead atoms. The Morgan fingerprint density at radius 2 is 1.77 bits per heavy atom. The molecule has 0 spiro atoms. The first kappa shape index (κ1) is 21.0. The molecule has 4 rings (SSSR count). The van der Waals surface area contributed by atoms with Crippen LogP contribution in [-0.2, 0) is 17.8 Å². The Bertz CT molecular complexity index is 1060. The molecule has 1 amide bonds. The second-order valence-corrected chi connectivity index (χ2v) is 8.02. The van der Waals surface area contributed by atoms with Crippen molar-refractivity contribution in [2.45, 2.75) is 44.0 Å². The number of nitrogens with zero attached hydrogens (tertiary/aromatic N) is 1. The largest absolute Gasteiger partial charge is 0.387 e. The van der Waals surface area contributed by atoms with Gasteiger partial charge < -0.3 is 20.3 Å². The molecule has 0 radical (unpaired) electrons. The van der Waals surface area contributed by atoms with Crippen LogP contribution in [0.1, 0.15) is 30.1 Å². The van der Waals surface area contributed by atoms with Crippen LogP contribution < -0.4 is 16.2 Å². The topological polar surface area (TPSA) is 83.4 Å². The zero-order chi connectivity index (χ0) is 21.6. The van der Waals surface area contributed by atoms with Crippen molar-refractivity contribution in [1.82, 2.24) is 9.88 Å². The fourth-order valence-electron chi connectivity index (χ4n) is 4.10. The highest BCUT2D eigenvalue weighted by atomic mass is 16.3. The van der Waals surface area contributed by atoms with Gasteiger partial charge in [-0.3, -0.25) is 9.59 Å². The van der Waals surface area contributed by atoms with Gasteiger partial charge >= 0.3 is 0 Å². The minimum absolute atomic E-state index is 0.0153. The van der Waals surface area contributed by atoms with E-state index in [4.69, 9.17) is 0 Å². The Labute approximate surface area is 181 Å². The Kier molecular flexibility index (Phi) is 6.60. The predicted molar refractivity (Wildman–Crippen MR) is 121 cm³/mol. The molecule has 3 unspecified atom stereocenters. The van der Waals surface area contributed by atoms with Gasteiger partial charge in [-0.1, -0.05) is 48.5 Å². The molecule has 2 aromatic carbocycles. The molecule has 2 heterocycles. The van der Waals surface area contributed by atoms with E-state index in [2.05, 4.69) is 10.6 Å². The summed E-state index contributed by atoms with van der Waals surface area (Å²) in [5.41, 5.74) is 2.62. The molecule has 160 valence electrons. The summed E-state index contributed by atoms with van der Waals surface area (Å²) >= 11 is 0. The molecule has 3 N–H and O–H groups in total. The highest BCUT2D eigenvalue weighted by Crippen LogP contribution is 2.26. The number of aliphatic hydroxyl groups excluding tert-OH is 1. The molecule has 1 aliphatic heterocycles. The first-order valence-corrected chi connectivity index (χ1v) is 10.6. The Morgan fingerprint density at radius 3 is 2.52 bits per heavy atom. The average molecular weight is 418 g/mol. The average Bonchev–Trinajstić information content (AvgIpc) is 3.25. The predicted octanol–water partition coefficient (Wildman–Crippen LogP) is 2.88. The van der Waals surface area contributed by atoms with E-state index in [0.717, 1.165) is 24.8 Å². The number of anilines is 1. The van der Waals surface area contributed by atoms with Crippen molar-refractivity contribution < 1.29 is 9.90 Å². The fraction of sp³-hybridized carbons (Fsp3) is 0.280. The number of rotatable bonds is 7. The van der Waals surface area contributed by atoms with Gasteiger partial charge in [0.1, 0.15) is 6.54 Å². The van der Waals surface area contributed by atoms with E-state index in [9.17, 15) is 14.7 Å². The molecule has 6 nitrogen and oxygen atoms in total. The Morgan fingerprint density at radius 1 is 1.03 bits per heavy atom. The second kappa shape index (κ2) is 9.73. The van der Waals surface area contributed by atoms with Crippen LogP contribution in [0.15, 0.2) is 83.8 Å². The van der Waals surface area contributed by atoms with Gasteiger partial charge in [0, 0.05) is 30.0 Å². The molecule has 0 saturated carbocycles. The number of hydrogen-bond acceptors (Lipinski definition) is 4. The summed E-state index contributed by atoms with van der Waals surface area (Å²) in [4.78, 5) is 23.9. The minimum Gasteiger partial charge on any atom is -0.387 e. The Hall–Kier alpha value is -3.22. The van der Waals surface area contributed by atoms with Crippen molar-refractivity contribution >= 4 is 11.6 Å². The van der Waals surface area contributed by atoms with Gasteiger partial charge in [0.15, 0.2) is 0 Å². The van der Waals surface area contributed by atoms with Gasteiger partial charge in [-0.05, 0) is 48.6 Å². The van der Waals surface area contributed by atoms with Crippen LogP contribution in [0.5, 0.6) is 0 Å². The standard InChI is InChI=1S/C25H27N3O3/c29-23(17-28-15-5-4-8-24(28)30)27-20-11-9-18(10-12-20)16-21-13-14-22(26-21)25(31)19-6-2-1-3-7-19/h1-12,15,21-22,25-26,31H,13-14,16-17H2,(H,27,29). The van der Waals surface area contributed by atoms with Crippen molar-refractivity contribution in [2.24, 2.45) is 0 Å². The lowest BCUT2D eigenvalue weighted by Gasteiger charge is -2.20. The van der Waals surface area contributed by atoms with Crippen molar-refractivity contribution in [3.05, 3.63) is 100 Å². The summed E-state index contributed by atoms with van der Waals surface area (Å²) in [5.74, 6) is -0.240. The summed E-state index contributed by atoms with van der Waals surface area (Å²) in [6, 6.07) is 22.7. The summed E-state index contributed by atoms with van der Waals surface area (Å²) in [7, 11) is 0. The lowest BCUT2D eigenvalue weighted by molar-refractivity contribution is -0.116. The molecule has 0 aliphatic carbocycles. The fourth-order valence-corrected chi connectivity index (χ4v) is 4.10. The molecule has 31 heavy (non-hydrogen) atoms. The maximum atomic E-state index is 12.2. The molecule has 1 aromatic heterocycles. The molecule has 1 fully saturated rings. The zero-order valence-corrected chi connectivity index (χ0v) is 17.3. The highest BCUT2D eigenvalue weighted by molar-refractivity contribution is 5.90. The van der Waals surface area contributed by atoms with E-state index in [-0.39, 0.29) is 24.1 Å². The molecular weight excluding hydrogens is 390 g/mol. The smallest absolute Gasteiger partial charge is 0.250 e. The minimum atomic E-state index is -0.499. The van der Waals surface area contributed by atoms with Crippen LogP contribution in [0.3, 0.4) is 0 Å². The van der Waals surface area contributed by atoms with E-state index in [0.29, 0.717) is 11.7 Å². The third-order valence-corrected chi connectivity index (χ3v) is 5.73. The summed E-state index contributed by atoms with van der Waals surface area (Å²) in [5, 5.41) is 17.0. The van der Waals surface area contributed by atoms with Crippen molar-refractivity contribution in [2.75, 3.05) is 5.32 Å². The number of benzene rings is 2. The van der Waals surface area contributed by atoms with Crippen LogP contribution in [0.4, 0.5) is 5.69 Å². The monoisotopic (exact) mass is 417 g/mol. The van der Waals surface area contributed by atoms with Crippen LogP contribution in [0, 0.1) is 0 Å². The molecule has 3 aromatic rings. The summed E-state index contributed by atoms with van der Waals surface area (Å²) in [6.45, 7) is -0.0153. The lowest BCUT2D eigenvalue weighted by atomic mass is 10.0. The van der Waals surface area contributed by atoms with E-state index in [1.165, 1.54) is 16.2 Å². The second-order valence-electron chi connectivity index (χ2n) is 8.02. The van der Waals surface area contributed by atoms with Gasteiger partial charge in [-0.25, -0.2) is 0 Å². The number of carbonyl (C=O) groups is 1. The number of pyridine rings is 1. The van der Waals surface area contributed by atoms with Crippen LogP contribution >= 0.6 is 0 Å². The van der Waals surface area contributed by atoms with E-state index in [1.807, 2.05) is 54.6 Å². The number of aromatic nitrogens is 1. The maximum Gasteiger partial charge on any atom is 0.250 e. The highest BCUT2D eigenvalue weighted by Gasteiger charge is 2.29. The van der Waals surface area contributed by atoms with Gasteiger partial charge in [0.2, 0.25) is 5.91 Å². The number of hydrogen-bond donors (Lipinski definition) is 3. The van der Waals surface area contributed by atoms with Crippen LogP contribution in [0.2, 0.25) is 0 Å². The molecule has 1 saturated heterocycles. The van der Waals surface area contributed by atoms with Gasteiger partial charge in [-0.2, -0.15) is 0 Å². The first-order chi connectivity index (χ1) is 15.1.